The maximum absolute atomic E-state index is 12.0. The Morgan fingerprint density at radius 1 is 1.53 bits per heavy atom. The number of rotatable bonds is 6. The minimum Gasteiger partial charge on any atom is -0.493 e. The summed E-state index contributed by atoms with van der Waals surface area (Å²) in [4.78, 5) is 12.0. The number of hydrogen-bond acceptors (Lipinski definition) is 3. The second kappa shape index (κ2) is 6.40. The fourth-order valence-corrected chi connectivity index (χ4v) is 2.45. The standard InChI is InChI=1S/C15H20ClNO2/c1-3-10(2)17-9-14(18)8-12-7-13(16)6-11-4-5-19-15(11)12/h6-7,10,17H,3-5,8-9H2,1-2H3. The lowest BCUT2D eigenvalue weighted by Gasteiger charge is -2.12. The van der Waals surface area contributed by atoms with Crippen LogP contribution < -0.4 is 10.1 Å². The van der Waals surface area contributed by atoms with Crippen molar-refractivity contribution in [2.24, 2.45) is 0 Å². The van der Waals surface area contributed by atoms with Crippen molar-refractivity contribution in [2.45, 2.75) is 39.2 Å². The summed E-state index contributed by atoms with van der Waals surface area (Å²) in [7, 11) is 0. The van der Waals surface area contributed by atoms with Crippen molar-refractivity contribution in [3.63, 3.8) is 0 Å². The van der Waals surface area contributed by atoms with Crippen LogP contribution in [-0.4, -0.2) is 25.0 Å². The molecule has 1 heterocycles. The molecule has 0 aliphatic carbocycles. The first-order valence-corrected chi connectivity index (χ1v) is 7.17. The maximum Gasteiger partial charge on any atom is 0.151 e. The van der Waals surface area contributed by atoms with Gasteiger partial charge in [-0.25, -0.2) is 0 Å². The van der Waals surface area contributed by atoms with Crippen molar-refractivity contribution in [1.82, 2.24) is 5.32 Å². The maximum atomic E-state index is 12.0. The zero-order chi connectivity index (χ0) is 13.8. The molecule has 1 aromatic carbocycles. The Bertz CT molecular complexity index is 473. The van der Waals surface area contributed by atoms with Gasteiger partial charge in [0.2, 0.25) is 0 Å². The van der Waals surface area contributed by atoms with Crippen LogP contribution in [-0.2, 0) is 17.6 Å². The third kappa shape index (κ3) is 3.71. The molecule has 0 saturated carbocycles. The largest absolute Gasteiger partial charge is 0.493 e. The van der Waals surface area contributed by atoms with Crippen LogP contribution in [0.5, 0.6) is 5.75 Å². The number of carbonyl (C=O) groups is 1. The zero-order valence-electron chi connectivity index (χ0n) is 11.5. The molecule has 1 unspecified atom stereocenters. The molecular weight excluding hydrogens is 262 g/mol. The van der Waals surface area contributed by atoms with E-state index < -0.39 is 0 Å². The number of halogens is 1. The molecule has 2 rings (SSSR count). The molecule has 1 N–H and O–H groups in total. The van der Waals surface area contributed by atoms with E-state index in [-0.39, 0.29) is 5.78 Å². The molecule has 1 atom stereocenters. The lowest BCUT2D eigenvalue weighted by atomic mass is 10.0. The van der Waals surface area contributed by atoms with Gasteiger partial charge in [0.25, 0.3) is 0 Å². The number of hydrogen-bond donors (Lipinski definition) is 1. The molecule has 0 aromatic heterocycles. The van der Waals surface area contributed by atoms with E-state index in [1.54, 1.807) is 0 Å². The van der Waals surface area contributed by atoms with Crippen molar-refractivity contribution >= 4 is 17.4 Å². The van der Waals surface area contributed by atoms with E-state index >= 15 is 0 Å². The molecule has 1 aliphatic heterocycles. The summed E-state index contributed by atoms with van der Waals surface area (Å²) in [6.07, 6.45) is 2.28. The fourth-order valence-electron chi connectivity index (χ4n) is 2.18. The molecule has 0 radical (unpaired) electrons. The second-order valence-corrected chi connectivity index (χ2v) is 5.49. The Labute approximate surface area is 119 Å². The Hall–Kier alpha value is -1.06. The van der Waals surface area contributed by atoms with Gasteiger partial charge in [-0.2, -0.15) is 0 Å². The van der Waals surface area contributed by atoms with Crippen molar-refractivity contribution in [2.75, 3.05) is 13.2 Å². The molecule has 0 saturated heterocycles. The molecular formula is C15H20ClNO2. The van der Waals surface area contributed by atoms with Crippen molar-refractivity contribution in [3.8, 4) is 5.75 Å². The molecule has 1 aliphatic rings. The van der Waals surface area contributed by atoms with Crippen LogP contribution in [0.25, 0.3) is 0 Å². The van der Waals surface area contributed by atoms with E-state index in [1.807, 2.05) is 12.1 Å². The molecule has 1 aromatic rings. The average Bonchev–Trinajstić information content (AvgIpc) is 2.84. The fraction of sp³-hybridized carbons (Fsp3) is 0.533. The molecule has 4 heteroatoms. The average molecular weight is 282 g/mol. The van der Waals surface area contributed by atoms with Gasteiger partial charge in [-0.15, -0.1) is 0 Å². The van der Waals surface area contributed by atoms with Gasteiger partial charge in [-0.3, -0.25) is 4.79 Å². The number of nitrogens with one attached hydrogen (secondary N) is 1. The van der Waals surface area contributed by atoms with E-state index in [0.717, 1.165) is 29.7 Å². The normalized spacial score (nSPS) is 14.9. The van der Waals surface area contributed by atoms with Gasteiger partial charge < -0.3 is 10.1 Å². The summed E-state index contributed by atoms with van der Waals surface area (Å²) in [6.45, 7) is 5.26. The first-order chi connectivity index (χ1) is 9.10. The Morgan fingerprint density at radius 3 is 3.05 bits per heavy atom. The van der Waals surface area contributed by atoms with Crippen LogP contribution in [0.4, 0.5) is 0 Å². The number of carbonyl (C=O) groups excluding carboxylic acids is 1. The molecule has 0 amide bonds. The second-order valence-electron chi connectivity index (χ2n) is 5.06. The SMILES string of the molecule is CCC(C)NCC(=O)Cc1cc(Cl)cc2c1OCC2. The Kier molecular flexibility index (Phi) is 4.83. The van der Waals surface area contributed by atoms with Gasteiger partial charge in [-0.1, -0.05) is 18.5 Å². The molecule has 0 spiro atoms. The summed E-state index contributed by atoms with van der Waals surface area (Å²) >= 11 is 6.08. The van der Waals surface area contributed by atoms with Gasteiger partial charge in [0.05, 0.1) is 13.2 Å². The van der Waals surface area contributed by atoms with Crippen LogP contribution in [0.2, 0.25) is 5.02 Å². The highest BCUT2D eigenvalue weighted by molar-refractivity contribution is 6.30. The number of ketones is 1. The quantitative estimate of drug-likeness (QED) is 0.871. The summed E-state index contributed by atoms with van der Waals surface area (Å²) in [5.41, 5.74) is 2.03. The monoisotopic (exact) mass is 281 g/mol. The lowest BCUT2D eigenvalue weighted by molar-refractivity contribution is -0.117. The molecule has 0 bridgehead atoms. The molecule has 3 nitrogen and oxygen atoms in total. The van der Waals surface area contributed by atoms with Gasteiger partial charge in [0.1, 0.15) is 5.75 Å². The van der Waals surface area contributed by atoms with Gasteiger partial charge in [-0.05, 0) is 31.0 Å². The highest BCUT2D eigenvalue weighted by Crippen LogP contribution is 2.33. The third-order valence-electron chi connectivity index (χ3n) is 3.47. The number of Topliss-reactive ketones (excluding diaryl/α,β-unsaturated/α-hetero) is 1. The predicted molar refractivity (Wildman–Crippen MR) is 77.1 cm³/mol. The van der Waals surface area contributed by atoms with E-state index in [2.05, 4.69) is 19.2 Å². The number of fused-ring (bicyclic) bond motifs is 1. The Balaban J connectivity index is 2.01. The summed E-state index contributed by atoms with van der Waals surface area (Å²) < 4.78 is 5.60. The van der Waals surface area contributed by atoms with Crippen LogP contribution in [0.1, 0.15) is 31.4 Å². The Morgan fingerprint density at radius 2 is 2.32 bits per heavy atom. The van der Waals surface area contributed by atoms with E-state index in [0.29, 0.717) is 30.6 Å². The highest BCUT2D eigenvalue weighted by atomic mass is 35.5. The van der Waals surface area contributed by atoms with Gasteiger partial charge in [0.15, 0.2) is 5.78 Å². The highest BCUT2D eigenvalue weighted by Gasteiger charge is 2.19. The lowest BCUT2D eigenvalue weighted by Crippen LogP contribution is -2.31. The van der Waals surface area contributed by atoms with E-state index in [1.165, 1.54) is 0 Å². The number of benzene rings is 1. The molecule has 104 valence electrons. The van der Waals surface area contributed by atoms with Crippen LogP contribution in [0.15, 0.2) is 12.1 Å². The summed E-state index contributed by atoms with van der Waals surface area (Å²) in [5, 5.41) is 3.89. The van der Waals surface area contributed by atoms with Crippen molar-refractivity contribution in [1.29, 1.82) is 0 Å². The number of ether oxygens (including phenoxy) is 1. The first-order valence-electron chi connectivity index (χ1n) is 6.79. The minimum absolute atomic E-state index is 0.167. The van der Waals surface area contributed by atoms with Crippen LogP contribution in [0.3, 0.4) is 0 Å². The van der Waals surface area contributed by atoms with Crippen LogP contribution >= 0.6 is 11.6 Å². The van der Waals surface area contributed by atoms with Crippen molar-refractivity contribution < 1.29 is 9.53 Å². The van der Waals surface area contributed by atoms with Crippen LogP contribution in [0, 0.1) is 0 Å². The minimum atomic E-state index is 0.167. The zero-order valence-corrected chi connectivity index (χ0v) is 12.2. The smallest absolute Gasteiger partial charge is 0.151 e. The first kappa shape index (κ1) is 14.4. The third-order valence-corrected chi connectivity index (χ3v) is 3.69. The molecule has 19 heavy (non-hydrogen) atoms. The summed E-state index contributed by atoms with van der Waals surface area (Å²) in [5.74, 6) is 1.03. The van der Waals surface area contributed by atoms with E-state index in [4.69, 9.17) is 16.3 Å². The topological polar surface area (TPSA) is 38.3 Å². The molecule has 0 fully saturated rings. The van der Waals surface area contributed by atoms with E-state index in [9.17, 15) is 4.79 Å². The van der Waals surface area contributed by atoms with Gasteiger partial charge in [0, 0.05) is 29.5 Å². The van der Waals surface area contributed by atoms with Crippen molar-refractivity contribution in [3.05, 3.63) is 28.3 Å². The predicted octanol–water partition coefficient (Wildman–Crippen LogP) is 2.77. The summed E-state index contributed by atoms with van der Waals surface area (Å²) in [6, 6.07) is 4.13. The van der Waals surface area contributed by atoms with Gasteiger partial charge >= 0.3 is 0 Å².